The van der Waals surface area contributed by atoms with E-state index in [0.29, 0.717) is 17.0 Å². The SMILES string of the molecule is CCOC(=O)C(O)C(O)c1ccc(OC)c(N)c1. The Morgan fingerprint density at radius 1 is 1.44 bits per heavy atom. The third-order valence-corrected chi connectivity index (χ3v) is 2.42. The molecular weight excluding hydrogens is 238 g/mol. The van der Waals surface area contributed by atoms with Crippen LogP contribution in [0, 0.1) is 0 Å². The predicted octanol–water partition coefficient (Wildman–Crippen LogP) is 0.235. The maximum Gasteiger partial charge on any atom is 0.338 e. The van der Waals surface area contributed by atoms with Crippen LogP contribution in [0.5, 0.6) is 5.75 Å². The summed E-state index contributed by atoms with van der Waals surface area (Å²) in [5.41, 5.74) is 6.29. The Bertz CT molecular complexity index is 421. The van der Waals surface area contributed by atoms with Crippen molar-refractivity contribution in [1.82, 2.24) is 0 Å². The fraction of sp³-hybridized carbons (Fsp3) is 0.417. The molecule has 0 aliphatic carbocycles. The van der Waals surface area contributed by atoms with Crippen molar-refractivity contribution in [3.05, 3.63) is 23.8 Å². The molecule has 1 aromatic carbocycles. The normalized spacial score (nSPS) is 13.8. The highest BCUT2D eigenvalue weighted by molar-refractivity contribution is 5.75. The van der Waals surface area contributed by atoms with Crippen LogP contribution in [-0.2, 0) is 9.53 Å². The van der Waals surface area contributed by atoms with E-state index in [1.165, 1.54) is 19.2 Å². The molecule has 0 bridgehead atoms. The molecule has 1 aromatic rings. The number of rotatable bonds is 5. The van der Waals surface area contributed by atoms with E-state index in [4.69, 9.17) is 10.5 Å². The minimum absolute atomic E-state index is 0.132. The van der Waals surface area contributed by atoms with Crippen LogP contribution in [0.1, 0.15) is 18.6 Å². The van der Waals surface area contributed by atoms with Gasteiger partial charge in [0.15, 0.2) is 6.10 Å². The van der Waals surface area contributed by atoms with Crippen LogP contribution < -0.4 is 10.5 Å². The number of hydrogen-bond acceptors (Lipinski definition) is 6. The molecule has 0 aliphatic rings. The van der Waals surface area contributed by atoms with Crippen LogP contribution in [0.4, 0.5) is 5.69 Å². The van der Waals surface area contributed by atoms with E-state index in [-0.39, 0.29) is 6.61 Å². The van der Waals surface area contributed by atoms with Gasteiger partial charge in [-0.1, -0.05) is 6.07 Å². The first-order valence-corrected chi connectivity index (χ1v) is 5.47. The van der Waals surface area contributed by atoms with Gasteiger partial charge in [-0.3, -0.25) is 0 Å². The molecule has 0 amide bonds. The Labute approximate surface area is 105 Å². The molecule has 4 N–H and O–H groups in total. The van der Waals surface area contributed by atoms with E-state index in [0.717, 1.165) is 0 Å². The predicted molar refractivity (Wildman–Crippen MR) is 65.0 cm³/mol. The van der Waals surface area contributed by atoms with Crippen LogP contribution in [0.15, 0.2) is 18.2 Å². The lowest BCUT2D eigenvalue weighted by Gasteiger charge is -2.17. The summed E-state index contributed by atoms with van der Waals surface area (Å²) >= 11 is 0. The molecular formula is C12H17NO5. The van der Waals surface area contributed by atoms with Gasteiger partial charge in [0.2, 0.25) is 0 Å². The van der Waals surface area contributed by atoms with E-state index in [1.54, 1.807) is 13.0 Å². The second-order valence-corrected chi connectivity index (χ2v) is 3.64. The van der Waals surface area contributed by atoms with Crippen molar-refractivity contribution in [2.24, 2.45) is 0 Å². The third kappa shape index (κ3) is 3.12. The fourth-order valence-corrected chi connectivity index (χ4v) is 1.48. The molecule has 0 heterocycles. The van der Waals surface area contributed by atoms with Crippen LogP contribution in [0.3, 0.4) is 0 Å². The number of aliphatic hydroxyl groups excluding tert-OH is 2. The van der Waals surface area contributed by atoms with Gasteiger partial charge in [-0.25, -0.2) is 4.79 Å². The Kier molecular flexibility index (Phi) is 4.94. The van der Waals surface area contributed by atoms with Gasteiger partial charge >= 0.3 is 5.97 Å². The molecule has 100 valence electrons. The monoisotopic (exact) mass is 255 g/mol. The Morgan fingerprint density at radius 3 is 2.61 bits per heavy atom. The Morgan fingerprint density at radius 2 is 2.11 bits per heavy atom. The molecule has 1 rings (SSSR count). The van der Waals surface area contributed by atoms with Gasteiger partial charge in [-0.05, 0) is 24.6 Å². The van der Waals surface area contributed by atoms with Gasteiger partial charge in [-0.15, -0.1) is 0 Å². The summed E-state index contributed by atoms with van der Waals surface area (Å²) in [6.07, 6.45) is -3.03. The number of nitrogen functional groups attached to an aromatic ring is 1. The first-order valence-electron chi connectivity index (χ1n) is 5.47. The van der Waals surface area contributed by atoms with Crippen LogP contribution in [0.25, 0.3) is 0 Å². The number of carbonyl (C=O) groups is 1. The molecule has 0 saturated carbocycles. The van der Waals surface area contributed by atoms with Crippen molar-refractivity contribution in [2.45, 2.75) is 19.1 Å². The maximum atomic E-state index is 11.3. The molecule has 0 radical (unpaired) electrons. The number of anilines is 1. The second-order valence-electron chi connectivity index (χ2n) is 3.64. The van der Waals surface area contributed by atoms with Gasteiger partial charge in [-0.2, -0.15) is 0 Å². The van der Waals surface area contributed by atoms with Gasteiger partial charge in [0.05, 0.1) is 19.4 Å². The highest BCUT2D eigenvalue weighted by Crippen LogP contribution is 2.26. The van der Waals surface area contributed by atoms with Crippen molar-refractivity contribution in [2.75, 3.05) is 19.5 Å². The third-order valence-electron chi connectivity index (χ3n) is 2.42. The number of hydrogen-bond donors (Lipinski definition) is 3. The van der Waals surface area contributed by atoms with Crippen molar-refractivity contribution in [3.8, 4) is 5.75 Å². The van der Waals surface area contributed by atoms with E-state index < -0.39 is 18.2 Å². The largest absolute Gasteiger partial charge is 0.495 e. The van der Waals surface area contributed by atoms with Crippen molar-refractivity contribution >= 4 is 11.7 Å². The van der Waals surface area contributed by atoms with Gasteiger partial charge in [0.25, 0.3) is 0 Å². The zero-order chi connectivity index (χ0) is 13.7. The number of aliphatic hydroxyl groups is 2. The molecule has 0 spiro atoms. The second kappa shape index (κ2) is 6.23. The molecule has 2 unspecified atom stereocenters. The van der Waals surface area contributed by atoms with Crippen LogP contribution in [0.2, 0.25) is 0 Å². The fourth-order valence-electron chi connectivity index (χ4n) is 1.48. The minimum Gasteiger partial charge on any atom is -0.495 e. The average Bonchev–Trinajstić information content (AvgIpc) is 2.37. The first kappa shape index (κ1) is 14.3. The molecule has 18 heavy (non-hydrogen) atoms. The molecule has 0 fully saturated rings. The standard InChI is InChI=1S/C12H17NO5/c1-3-18-12(16)11(15)10(14)7-4-5-9(17-2)8(13)6-7/h4-6,10-11,14-15H,3,13H2,1-2H3. The molecule has 2 atom stereocenters. The first-order chi connectivity index (χ1) is 8.51. The number of carbonyl (C=O) groups excluding carboxylic acids is 1. The summed E-state index contributed by atoms with van der Waals surface area (Å²) in [5, 5.41) is 19.4. The number of methoxy groups -OCH3 is 1. The van der Waals surface area contributed by atoms with Crippen LogP contribution in [-0.4, -0.2) is 36.0 Å². The molecule has 0 saturated heterocycles. The van der Waals surface area contributed by atoms with E-state index in [9.17, 15) is 15.0 Å². The highest BCUT2D eigenvalue weighted by atomic mass is 16.5. The van der Waals surface area contributed by atoms with E-state index in [1.807, 2.05) is 0 Å². The highest BCUT2D eigenvalue weighted by Gasteiger charge is 2.27. The zero-order valence-corrected chi connectivity index (χ0v) is 10.3. The van der Waals surface area contributed by atoms with Crippen LogP contribution >= 0.6 is 0 Å². The average molecular weight is 255 g/mol. The lowest BCUT2D eigenvalue weighted by Crippen LogP contribution is -2.29. The Hall–Kier alpha value is -1.79. The van der Waals surface area contributed by atoms with E-state index >= 15 is 0 Å². The summed E-state index contributed by atoms with van der Waals surface area (Å²) in [7, 11) is 1.47. The van der Waals surface area contributed by atoms with Gasteiger partial charge < -0.3 is 25.4 Å². The van der Waals surface area contributed by atoms with E-state index in [2.05, 4.69) is 4.74 Å². The molecule has 0 aliphatic heterocycles. The lowest BCUT2D eigenvalue weighted by atomic mass is 10.0. The smallest absolute Gasteiger partial charge is 0.338 e. The van der Waals surface area contributed by atoms with Gasteiger partial charge in [0.1, 0.15) is 11.9 Å². The van der Waals surface area contributed by atoms with Crippen molar-refractivity contribution < 1.29 is 24.5 Å². The van der Waals surface area contributed by atoms with Gasteiger partial charge in [0, 0.05) is 0 Å². The summed E-state index contributed by atoms with van der Waals surface area (Å²) < 4.78 is 9.58. The van der Waals surface area contributed by atoms with Crippen molar-refractivity contribution in [1.29, 1.82) is 0 Å². The number of nitrogens with two attached hydrogens (primary N) is 1. The maximum absolute atomic E-state index is 11.3. The topological polar surface area (TPSA) is 102 Å². The zero-order valence-electron chi connectivity index (χ0n) is 10.3. The lowest BCUT2D eigenvalue weighted by molar-refractivity contribution is -0.159. The summed E-state index contributed by atoms with van der Waals surface area (Å²) in [5.74, 6) is -0.420. The molecule has 6 heteroatoms. The molecule has 0 aromatic heterocycles. The summed E-state index contributed by atoms with van der Waals surface area (Å²) in [6, 6.07) is 4.50. The summed E-state index contributed by atoms with van der Waals surface area (Å²) in [6.45, 7) is 1.75. The Balaban J connectivity index is 2.86. The quantitative estimate of drug-likeness (QED) is 0.514. The minimum atomic E-state index is -1.64. The number of benzene rings is 1. The summed E-state index contributed by atoms with van der Waals surface area (Å²) in [4.78, 5) is 11.3. The van der Waals surface area contributed by atoms with Crippen molar-refractivity contribution in [3.63, 3.8) is 0 Å². The number of ether oxygens (including phenoxy) is 2. The number of esters is 1. The molecule has 6 nitrogen and oxygen atoms in total.